The van der Waals surface area contributed by atoms with E-state index in [-0.39, 0.29) is 12.1 Å². The maximum absolute atomic E-state index is 11.7. The van der Waals surface area contributed by atoms with Crippen LogP contribution in [0, 0.1) is 0 Å². The Morgan fingerprint density at radius 3 is 2.62 bits per heavy atom. The van der Waals surface area contributed by atoms with Gasteiger partial charge in [-0.25, -0.2) is 0 Å². The highest BCUT2D eigenvalue weighted by molar-refractivity contribution is 5.78. The molecule has 3 heteroatoms. The zero-order valence-corrected chi connectivity index (χ0v) is 9.60. The summed E-state index contributed by atoms with van der Waals surface area (Å²) in [5, 5.41) is 11.7. The van der Waals surface area contributed by atoms with Crippen molar-refractivity contribution in [2.24, 2.45) is 0 Å². The maximum atomic E-state index is 11.7. The zero-order valence-electron chi connectivity index (χ0n) is 9.60. The molecule has 1 aliphatic rings. The van der Waals surface area contributed by atoms with Crippen LogP contribution in [0.2, 0.25) is 0 Å². The largest absolute Gasteiger partial charge is 0.837 e. The molecule has 16 heavy (non-hydrogen) atoms. The third-order valence-corrected chi connectivity index (χ3v) is 2.53. The second-order valence-electron chi connectivity index (χ2n) is 4.45. The summed E-state index contributed by atoms with van der Waals surface area (Å²) in [5.41, 5.74) is -0.208. The van der Waals surface area contributed by atoms with E-state index in [1.165, 1.54) is 0 Å². The van der Waals surface area contributed by atoms with Gasteiger partial charge in [0, 0.05) is 11.2 Å². The molecule has 1 unspecified atom stereocenters. The average molecular weight is 220 g/mol. The lowest BCUT2D eigenvalue weighted by atomic mass is 10.1. The summed E-state index contributed by atoms with van der Waals surface area (Å²) in [4.78, 5) is 0. The molecule has 1 atom stereocenters. The Labute approximate surface area is 95.4 Å². The summed E-state index contributed by atoms with van der Waals surface area (Å²) in [6.45, 7) is 3.64. The summed E-state index contributed by atoms with van der Waals surface area (Å²) >= 11 is 0. The van der Waals surface area contributed by atoms with Crippen LogP contribution < -0.4 is 5.11 Å². The lowest BCUT2D eigenvalue weighted by Crippen LogP contribution is -2.49. The predicted molar refractivity (Wildman–Crippen MR) is 58.8 cm³/mol. The molecule has 0 saturated carbocycles. The molecule has 1 aromatic carbocycles. The van der Waals surface area contributed by atoms with E-state index in [0.29, 0.717) is 6.61 Å². The van der Waals surface area contributed by atoms with Crippen molar-refractivity contribution in [1.82, 2.24) is 0 Å². The van der Waals surface area contributed by atoms with Gasteiger partial charge in [-0.3, -0.25) is 0 Å². The van der Waals surface area contributed by atoms with E-state index in [1.807, 2.05) is 30.3 Å². The van der Waals surface area contributed by atoms with E-state index in [0.717, 1.165) is 12.0 Å². The van der Waals surface area contributed by atoms with Crippen LogP contribution in [0.25, 0.3) is 0 Å². The topological polar surface area (TPSA) is 43.6 Å². The standard InChI is InChI=1S/C13H16O3/c1-13(2,14)12-15-9-8-11(16-12)10-6-4-3-5-7-10/h3-7,11H,8-9H2,1-2H3. The number of esters is 1. The van der Waals surface area contributed by atoms with Gasteiger partial charge in [-0.05, 0) is 0 Å². The molecule has 3 nitrogen and oxygen atoms in total. The minimum Gasteiger partial charge on any atom is -0.837 e. The summed E-state index contributed by atoms with van der Waals surface area (Å²) in [6.07, 6.45) is 0.724. The smallest absolute Gasteiger partial charge is 0.473 e. The minimum absolute atomic E-state index is 0.0572. The molecule has 0 N–H and O–H groups in total. The molecule has 86 valence electrons. The van der Waals surface area contributed by atoms with E-state index in [9.17, 15) is 5.11 Å². The van der Waals surface area contributed by atoms with Gasteiger partial charge in [0.15, 0.2) is 6.61 Å². The second-order valence-corrected chi connectivity index (χ2v) is 4.45. The molecule has 1 aromatic rings. The van der Waals surface area contributed by atoms with Crippen molar-refractivity contribution in [2.75, 3.05) is 6.61 Å². The van der Waals surface area contributed by atoms with Crippen molar-refractivity contribution >= 4 is 5.97 Å². The van der Waals surface area contributed by atoms with Crippen LogP contribution in [0.5, 0.6) is 0 Å². The normalized spacial score (nSPS) is 21.2. The quantitative estimate of drug-likeness (QED) is 0.557. The highest BCUT2D eigenvalue weighted by Crippen LogP contribution is 2.25. The molecule has 0 spiro atoms. The van der Waals surface area contributed by atoms with Gasteiger partial charge in [-0.15, -0.1) is 0 Å². The lowest BCUT2D eigenvalue weighted by molar-refractivity contribution is -0.520. The van der Waals surface area contributed by atoms with Crippen molar-refractivity contribution in [1.29, 1.82) is 0 Å². The van der Waals surface area contributed by atoms with Crippen LogP contribution in [0.1, 0.15) is 31.9 Å². The van der Waals surface area contributed by atoms with Crippen LogP contribution in [0.4, 0.5) is 0 Å². The number of hydrogen-bond acceptors (Lipinski definition) is 2. The number of hydrogen-bond donors (Lipinski definition) is 0. The fraction of sp³-hybridized carbons (Fsp3) is 0.462. The lowest BCUT2D eigenvalue weighted by Gasteiger charge is -2.27. The number of cyclic esters (lactones) is 1. The van der Waals surface area contributed by atoms with Crippen LogP contribution in [0.3, 0.4) is 0 Å². The molecular weight excluding hydrogens is 204 g/mol. The highest BCUT2D eigenvalue weighted by atomic mass is 16.6. The van der Waals surface area contributed by atoms with Gasteiger partial charge in [0.1, 0.15) is 0 Å². The Morgan fingerprint density at radius 2 is 2.00 bits per heavy atom. The SMILES string of the molecule is CC(C)([O-])C1=[O+]CCC(c2ccccc2)O1. The van der Waals surface area contributed by atoms with Gasteiger partial charge in [-0.2, -0.15) is 0 Å². The van der Waals surface area contributed by atoms with Crippen LogP contribution in [-0.2, 0) is 9.16 Å². The molecular formula is C13H16O3. The molecule has 0 amide bonds. The molecule has 1 aliphatic heterocycles. The molecule has 0 fully saturated rings. The van der Waals surface area contributed by atoms with Gasteiger partial charge >= 0.3 is 5.97 Å². The third-order valence-electron chi connectivity index (χ3n) is 2.53. The van der Waals surface area contributed by atoms with E-state index in [4.69, 9.17) is 9.16 Å². The van der Waals surface area contributed by atoms with Crippen LogP contribution >= 0.6 is 0 Å². The minimum atomic E-state index is -1.30. The molecule has 1 heterocycles. The molecule has 0 aliphatic carbocycles. The number of rotatable bonds is 2. The molecule has 2 rings (SSSR count). The number of benzene rings is 1. The first-order valence-electron chi connectivity index (χ1n) is 5.49. The van der Waals surface area contributed by atoms with Gasteiger partial charge in [0.25, 0.3) is 0 Å². The Hall–Kier alpha value is -1.35. The fourth-order valence-corrected chi connectivity index (χ4v) is 1.70. The van der Waals surface area contributed by atoms with Crippen molar-refractivity contribution in [2.45, 2.75) is 32.0 Å². The van der Waals surface area contributed by atoms with Crippen molar-refractivity contribution in [3.05, 3.63) is 35.9 Å². The number of ether oxygens (including phenoxy) is 1. The first-order chi connectivity index (χ1) is 7.57. The van der Waals surface area contributed by atoms with Gasteiger partial charge in [0.05, 0.1) is 6.42 Å². The third kappa shape index (κ3) is 2.42. The maximum Gasteiger partial charge on any atom is 0.473 e. The Balaban J connectivity index is 2.15. The Bertz CT molecular complexity index is 376. The van der Waals surface area contributed by atoms with Gasteiger partial charge in [0.2, 0.25) is 6.10 Å². The van der Waals surface area contributed by atoms with Crippen LogP contribution in [0.15, 0.2) is 30.3 Å². The highest BCUT2D eigenvalue weighted by Gasteiger charge is 2.35. The average Bonchev–Trinajstić information content (AvgIpc) is 2.29. The molecule has 0 bridgehead atoms. The second kappa shape index (κ2) is 4.26. The molecule has 0 aromatic heterocycles. The van der Waals surface area contributed by atoms with E-state index in [1.54, 1.807) is 13.8 Å². The van der Waals surface area contributed by atoms with E-state index < -0.39 is 5.60 Å². The first kappa shape index (κ1) is 11.1. The summed E-state index contributed by atoms with van der Waals surface area (Å²) in [5.74, 6) is 0.201. The molecule has 0 radical (unpaired) electrons. The summed E-state index contributed by atoms with van der Waals surface area (Å²) < 4.78 is 10.9. The van der Waals surface area contributed by atoms with Gasteiger partial charge in [-0.1, -0.05) is 44.2 Å². The zero-order chi connectivity index (χ0) is 11.6. The van der Waals surface area contributed by atoms with Crippen molar-refractivity contribution in [3.63, 3.8) is 0 Å². The van der Waals surface area contributed by atoms with Crippen LogP contribution in [-0.4, -0.2) is 18.2 Å². The summed E-state index contributed by atoms with van der Waals surface area (Å²) in [7, 11) is 0. The predicted octanol–water partition coefficient (Wildman–Crippen LogP) is 1.35. The number of carbonyl (C=O) groups excluding carboxylic acids is 1. The van der Waals surface area contributed by atoms with Crippen molar-refractivity contribution in [3.8, 4) is 0 Å². The Kier molecular flexibility index (Phi) is 2.97. The van der Waals surface area contributed by atoms with Gasteiger partial charge < -0.3 is 14.3 Å². The summed E-state index contributed by atoms with van der Waals surface area (Å²) in [6, 6.07) is 9.91. The Morgan fingerprint density at radius 1 is 1.31 bits per heavy atom. The van der Waals surface area contributed by atoms with E-state index in [2.05, 4.69) is 0 Å². The monoisotopic (exact) mass is 220 g/mol. The van der Waals surface area contributed by atoms with Crippen molar-refractivity contribution < 1.29 is 14.3 Å². The first-order valence-corrected chi connectivity index (χ1v) is 5.49. The fourth-order valence-electron chi connectivity index (χ4n) is 1.70. The van der Waals surface area contributed by atoms with E-state index >= 15 is 0 Å². The molecule has 0 saturated heterocycles.